The number of hydrogen-bond donors (Lipinski definition) is 1. The van der Waals surface area contributed by atoms with Gasteiger partial charge in [0.25, 0.3) is 0 Å². The van der Waals surface area contributed by atoms with Crippen LogP contribution in [0.4, 0.5) is 0 Å². The molecule has 4 unspecified atom stereocenters. The van der Waals surface area contributed by atoms with Crippen molar-refractivity contribution >= 4 is 0 Å². The molecule has 1 heterocycles. The van der Waals surface area contributed by atoms with Gasteiger partial charge in [0.2, 0.25) is 0 Å². The van der Waals surface area contributed by atoms with Gasteiger partial charge in [0.15, 0.2) is 0 Å². The van der Waals surface area contributed by atoms with E-state index in [9.17, 15) is 0 Å². The molecule has 0 spiro atoms. The fraction of sp³-hybridized carbons (Fsp3) is 1.00. The summed E-state index contributed by atoms with van der Waals surface area (Å²) in [6.45, 7) is 7.94. The molecule has 1 N–H and O–H groups in total. The fourth-order valence-electron chi connectivity index (χ4n) is 3.52. The van der Waals surface area contributed by atoms with Crippen LogP contribution in [0.5, 0.6) is 0 Å². The molecular weight excluding hydrogens is 198 g/mol. The number of fused-ring (bicyclic) bond motifs is 1. The maximum absolute atomic E-state index is 5.81. The first-order chi connectivity index (χ1) is 7.66. The number of ether oxygens (including phenoxy) is 1. The molecule has 2 aliphatic rings. The molecule has 0 aromatic carbocycles. The van der Waals surface area contributed by atoms with Crippen molar-refractivity contribution in [1.82, 2.24) is 5.32 Å². The molecule has 1 aliphatic heterocycles. The van der Waals surface area contributed by atoms with Crippen molar-refractivity contribution in [1.29, 1.82) is 0 Å². The van der Waals surface area contributed by atoms with Crippen LogP contribution < -0.4 is 5.32 Å². The second-order valence-electron chi connectivity index (χ2n) is 6.10. The van der Waals surface area contributed by atoms with Crippen LogP contribution in [0.15, 0.2) is 0 Å². The molecule has 16 heavy (non-hydrogen) atoms. The lowest BCUT2D eigenvalue weighted by Crippen LogP contribution is -2.46. The average molecular weight is 225 g/mol. The minimum Gasteiger partial charge on any atom is -0.378 e. The van der Waals surface area contributed by atoms with E-state index in [4.69, 9.17) is 4.74 Å². The van der Waals surface area contributed by atoms with E-state index in [2.05, 4.69) is 26.1 Å². The molecule has 2 nitrogen and oxygen atoms in total. The zero-order valence-corrected chi connectivity index (χ0v) is 11.0. The van der Waals surface area contributed by atoms with Gasteiger partial charge in [-0.2, -0.15) is 0 Å². The van der Waals surface area contributed by atoms with Crippen LogP contribution >= 0.6 is 0 Å². The third kappa shape index (κ3) is 2.98. The normalized spacial score (nSPS) is 36.4. The second-order valence-corrected chi connectivity index (χ2v) is 6.10. The van der Waals surface area contributed by atoms with Gasteiger partial charge in [0.05, 0.1) is 6.10 Å². The Morgan fingerprint density at radius 3 is 2.75 bits per heavy atom. The first-order valence-corrected chi connectivity index (χ1v) is 7.04. The van der Waals surface area contributed by atoms with Crippen LogP contribution in [0.25, 0.3) is 0 Å². The Hall–Kier alpha value is -0.0800. The molecule has 2 heteroatoms. The van der Waals surface area contributed by atoms with Crippen LogP contribution in [0, 0.1) is 11.8 Å². The summed E-state index contributed by atoms with van der Waals surface area (Å²) in [7, 11) is 0. The Balaban J connectivity index is 1.83. The molecule has 2 rings (SSSR count). The Labute approximate surface area is 100 Å². The van der Waals surface area contributed by atoms with Crippen molar-refractivity contribution in [3.05, 3.63) is 0 Å². The van der Waals surface area contributed by atoms with Gasteiger partial charge in [-0.1, -0.05) is 13.8 Å². The lowest BCUT2D eigenvalue weighted by atomic mass is 9.81. The van der Waals surface area contributed by atoms with Crippen LogP contribution in [-0.2, 0) is 4.74 Å². The molecule has 1 aliphatic carbocycles. The topological polar surface area (TPSA) is 21.3 Å². The van der Waals surface area contributed by atoms with Crippen molar-refractivity contribution in [3.63, 3.8) is 0 Å². The highest BCUT2D eigenvalue weighted by atomic mass is 16.5. The monoisotopic (exact) mass is 225 g/mol. The van der Waals surface area contributed by atoms with Crippen LogP contribution in [0.2, 0.25) is 0 Å². The summed E-state index contributed by atoms with van der Waals surface area (Å²) in [5, 5.41) is 3.84. The minimum absolute atomic E-state index is 0.567. The molecular formula is C14H27NO. The van der Waals surface area contributed by atoms with E-state index in [-0.39, 0.29) is 0 Å². The Kier molecular flexibility index (Phi) is 4.26. The van der Waals surface area contributed by atoms with Crippen LogP contribution in [0.1, 0.15) is 52.9 Å². The second kappa shape index (κ2) is 5.50. The van der Waals surface area contributed by atoms with E-state index < -0.39 is 0 Å². The number of hydrogen-bond acceptors (Lipinski definition) is 2. The molecule has 0 bridgehead atoms. The predicted octanol–water partition coefficient (Wildman–Crippen LogP) is 2.97. The average Bonchev–Trinajstić information content (AvgIpc) is 2.65. The molecule has 94 valence electrons. The molecule has 0 radical (unpaired) electrons. The van der Waals surface area contributed by atoms with Gasteiger partial charge in [0, 0.05) is 24.6 Å². The smallest absolute Gasteiger partial charge is 0.0619 e. The predicted molar refractivity (Wildman–Crippen MR) is 67.5 cm³/mol. The SMILES string of the molecule is CC(C)CC(C)NC1CCCC2OCCC12. The van der Waals surface area contributed by atoms with E-state index in [1.807, 2.05) is 0 Å². The van der Waals surface area contributed by atoms with Crippen molar-refractivity contribution in [2.45, 2.75) is 71.1 Å². The zero-order chi connectivity index (χ0) is 11.5. The summed E-state index contributed by atoms with van der Waals surface area (Å²) in [6.07, 6.45) is 7.12. The Morgan fingerprint density at radius 2 is 2.00 bits per heavy atom. The summed E-state index contributed by atoms with van der Waals surface area (Å²) in [4.78, 5) is 0. The summed E-state index contributed by atoms with van der Waals surface area (Å²) in [5.41, 5.74) is 0. The number of rotatable bonds is 4. The first-order valence-electron chi connectivity index (χ1n) is 7.04. The molecule has 1 saturated heterocycles. The van der Waals surface area contributed by atoms with E-state index >= 15 is 0 Å². The maximum atomic E-state index is 5.81. The third-order valence-electron chi connectivity index (χ3n) is 4.10. The zero-order valence-electron chi connectivity index (χ0n) is 11.0. The van der Waals surface area contributed by atoms with E-state index in [1.54, 1.807) is 0 Å². The minimum atomic E-state index is 0.567. The Bertz CT molecular complexity index is 217. The highest BCUT2D eigenvalue weighted by Crippen LogP contribution is 2.34. The van der Waals surface area contributed by atoms with Gasteiger partial charge in [-0.3, -0.25) is 0 Å². The van der Waals surface area contributed by atoms with Gasteiger partial charge in [0.1, 0.15) is 0 Å². The van der Waals surface area contributed by atoms with Crippen molar-refractivity contribution in [3.8, 4) is 0 Å². The molecule has 0 aromatic heterocycles. The van der Waals surface area contributed by atoms with Gasteiger partial charge in [-0.25, -0.2) is 0 Å². The standard InChI is InChI=1S/C14H27NO/c1-10(2)9-11(3)15-13-5-4-6-14-12(13)7-8-16-14/h10-15H,4-9H2,1-3H3. The maximum Gasteiger partial charge on any atom is 0.0619 e. The molecule has 1 saturated carbocycles. The van der Waals surface area contributed by atoms with E-state index in [1.165, 1.54) is 32.1 Å². The van der Waals surface area contributed by atoms with Crippen LogP contribution in [-0.4, -0.2) is 24.8 Å². The van der Waals surface area contributed by atoms with Crippen LogP contribution in [0.3, 0.4) is 0 Å². The number of nitrogens with one attached hydrogen (secondary N) is 1. The van der Waals surface area contributed by atoms with Crippen molar-refractivity contribution in [2.75, 3.05) is 6.61 Å². The van der Waals surface area contributed by atoms with Crippen molar-refractivity contribution < 1.29 is 4.74 Å². The fourth-order valence-corrected chi connectivity index (χ4v) is 3.52. The van der Waals surface area contributed by atoms with Gasteiger partial charge < -0.3 is 10.1 Å². The third-order valence-corrected chi connectivity index (χ3v) is 4.10. The van der Waals surface area contributed by atoms with Gasteiger partial charge >= 0.3 is 0 Å². The van der Waals surface area contributed by atoms with Crippen molar-refractivity contribution in [2.24, 2.45) is 11.8 Å². The van der Waals surface area contributed by atoms with Gasteiger partial charge in [-0.05, 0) is 44.9 Å². The lowest BCUT2D eigenvalue weighted by molar-refractivity contribution is 0.0510. The van der Waals surface area contributed by atoms with Gasteiger partial charge in [-0.15, -0.1) is 0 Å². The summed E-state index contributed by atoms with van der Waals surface area (Å²) in [6, 6.07) is 1.37. The first kappa shape index (κ1) is 12.4. The highest BCUT2D eigenvalue weighted by Gasteiger charge is 2.37. The van der Waals surface area contributed by atoms with E-state index in [0.29, 0.717) is 12.1 Å². The summed E-state index contributed by atoms with van der Waals surface area (Å²) >= 11 is 0. The summed E-state index contributed by atoms with van der Waals surface area (Å²) < 4.78 is 5.81. The Morgan fingerprint density at radius 1 is 1.19 bits per heavy atom. The molecule has 0 amide bonds. The van der Waals surface area contributed by atoms with E-state index in [0.717, 1.165) is 24.5 Å². The highest BCUT2D eigenvalue weighted by molar-refractivity contribution is 4.91. The quantitative estimate of drug-likeness (QED) is 0.794. The molecule has 0 aromatic rings. The molecule has 2 fully saturated rings. The largest absolute Gasteiger partial charge is 0.378 e. The lowest BCUT2D eigenvalue weighted by Gasteiger charge is -2.35. The molecule has 4 atom stereocenters. The summed E-state index contributed by atoms with van der Waals surface area (Å²) in [5.74, 6) is 1.59.